The third-order valence-corrected chi connectivity index (χ3v) is 4.80. The van der Waals surface area contributed by atoms with Gasteiger partial charge in [0.05, 0.1) is 12.5 Å². The summed E-state index contributed by atoms with van der Waals surface area (Å²) in [4.78, 5) is 12.2. The largest absolute Gasteiger partial charge is 0.381 e. The van der Waals surface area contributed by atoms with Crippen LogP contribution in [0.5, 0.6) is 0 Å². The standard InChI is InChI=1S/C18H28N2O3.ClH/c1-14-5-3-4-6-16(14)18(7-9-23-10-8-18)13-20-17(21)11-15(12-19)22-2;/h3-6,15H,7-13,19H2,1-2H3,(H,20,21);1H. The maximum absolute atomic E-state index is 12.2. The van der Waals surface area contributed by atoms with Crippen LogP contribution < -0.4 is 11.1 Å². The molecule has 1 amide bonds. The molecule has 1 heterocycles. The lowest BCUT2D eigenvalue weighted by Crippen LogP contribution is -2.45. The van der Waals surface area contributed by atoms with Gasteiger partial charge in [0, 0.05) is 38.8 Å². The SMILES string of the molecule is COC(CN)CC(=O)NCC1(c2ccccc2C)CCOCC1.Cl. The van der Waals surface area contributed by atoms with Crippen molar-refractivity contribution in [3.8, 4) is 0 Å². The molecule has 1 aromatic carbocycles. The predicted molar refractivity (Wildman–Crippen MR) is 97.6 cm³/mol. The Balaban J connectivity index is 0.00000288. The molecule has 1 unspecified atom stereocenters. The third kappa shape index (κ3) is 5.18. The number of carbonyl (C=O) groups excluding carboxylic acids is 1. The first-order valence-corrected chi connectivity index (χ1v) is 8.25. The highest BCUT2D eigenvalue weighted by Gasteiger charge is 2.35. The fourth-order valence-electron chi connectivity index (χ4n) is 3.28. The number of hydrogen-bond acceptors (Lipinski definition) is 4. The molecule has 1 saturated heterocycles. The molecule has 1 aliphatic rings. The lowest BCUT2D eigenvalue weighted by Gasteiger charge is -2.39. The van der Waals surface area contributed by atoms with E-state index >= 15 is 0 Å². The monoisotopic (exact) mass is 356 g/mol. The Morgan fingerprint density at radius 3 is 2.62 bits per heavy atom. The lowest BCUT2D eigenvalue weighted by atomic mass is 9.72. The van der Waals surface area contributed by atoms with Crippen molar-refractivity contribution in [2.75, 3.05) is 33.4 Å². The van der Waals surface area contributed by atoms with Crippen molar-refractivity contribution in [3.05, 3.63) is 35.4 Å². The second-order valence-electron chi connectivity index (χ2n) is 6.28. The Hall–Kier alpha value is -1.14. The molecule has 2 rings (SSSR count). The molecule has 5 nitrogen and oxygen atoms in total. The number of nitrogens with two attached hydrogens (primary N) is 1. The van der Waals surface area contributed by atoms with E-state index in [1.807, 2.05) is 0 Å². The molecule has 1 aliphatic heterocycles. The Morgan fingerprint density at radius 1 is 1.38 bits per heavy atom. The van der Waals surface area contributed by atoms with Crippen LogP contribution in [0, 0.1) is 6.92 Å². The summed E-state index contributed by atoms with van der Waals surface area (Å²) in [5.74, 6) is -0.0123. The average Bonchev–Trinajstić information content (AvgIpc) is 2.59. The first kappa shape index (κ1) is 20.9. The second kappa shape index (κ2) is 9.99. The van der Waals surface area contributed by atoms with Gasteiger partial charge in [-0.15, -0.1) is 12.4 Å². The van der Waals surface area contributed by atoms with Gasteiger partial charge in [0.15, 0.2) is 0 Å². The van der Waals surface area contributed by atoms with E-state index in [1.165, 1.54) is 11.1 Å². The van der Waals surface area contributed by atoms with Gasteiger partial charge in [0.1, 0.15) is 0 Å². The zero-order valence-electron chi connectivity index (χ0n) is 14.5. The van der Waals surface area contributed by atoms with Gasteiger partial charge in [0.2, 0.25) is 5.91 Å². The number of methoxy groups -OCH3 is 1. The molecule has 1 fully saturated rings. The fraction of sp³-hybridized carbons (Fsp3) is 0.611. The summed E-state index contributed by atoms with van der Waals surface area (Å²) in [6.45, 7) is 4.56. The molecule has 0 saturated carbocycles. The van der Waals surface area contributed by atoms with Gasteiger partial charge in [-0.05, 0) is 30.9 Å². The number of hydrogen-bond donors (Lipinski definition) is 2. The third-order valence-electron chi connectivity index (χ3n) is 4.80. The first-order valence-electron chi connectivity index (χ1n) is 8.25. The van der Waals surface area contributed by atoms with Crippen LogP contribution in [0.4, 0.5) is 0 Å². The smallest absolute Gasteiger partial charge is 0.222 e. The molecule has 6 heteroatoms. The summed E-state index contributed by atoms with van der Waals surface area (Å²) in [6, 6.07) is 8.42. The number of halogens is 1. The van der Waals surface area contributed by atoms with Crippen LogP contribution in [0.3, 0.4) is 0 Å². The molecule has 0 spiro atoms. The van der Waals surface area contributed by atoms with E-state index in [2.05, 4.69) is 36.5 Å². The Bertz CT molecular complexity index is 515. The van der Waals surface area contributed by atoms with Crippen molar-refractivity contribution in [1.82, 2.24) is 5.32 Å². The Morgan fingerprint density at radius 2 is 2.04 bits per heavy atom. The van der Waals surface area contributed by atoms with Crippen LogP contribution in [-0.4, -0.2) is 45.4 Å². The minimum absolute atomic E-state index is 0. The number of rotatable bonds is 7. The summed E-state index contributed by atoms with van der Waals surface area (Å²) in [5.41, 5.74) is 8.11. The van der Waals surface area contributed by atoms with Crippen molar-refractivity contribution >= 4 is 18.3 Å². The van der Waals surface area contributed by atoms with Crippen LogP contribution in [0.25, 0.3) is 0 Å². The molecule has 0 bridgehead atoms. The summed E-state index contributed by atoms with van der Waals surface area (Å²) in [7, 11) is 1.58. The van der Waals surface area contributed by atoms with Crippen LogP contribution in [0.15, 0.2) is 24.3 Å². The number of carbonyl (C=O) groups is 1. The lowest BCUT2D eigenvalue weighted by molar-refractivity contribution is -0.123. The van der Waals surface area contributed by atoms with E-state index in [9.17, 15) is 4.79 Å². The highest BCUT2D eigenvalue weighted by Crippen LogP contribution is 2.36. The van der Waals surface area contributed by atoms with Gasteiger partial charge in [-0.2, -0.15) is 0 Å². The molecule has 3 N–H and O–H groups in total. The van der Waals surface area contributed by atoms with E-state index in [1.54, 1.807) is 7.11 Å². The maximum Gasteiger partial charge on any atom is 0.222 e. The number of amides is 1. The molecule has 24 heavy (non-hydrogen) atoms. The van der Waals surface area contributed by atoms with Crippen LogP contribution in [-0.2, 0) is 19.7 Å². The van der Waals surface area contributed by atoms with Gasteiger partial charge >= 0.3 is 0 Å². The minimum atomic E-state index is -0.223. The molecule has 0 aromatic heterocycles. The zero-order chi connectivity index (χ0) is 16.7. The topological polar surface area (TPSA) is 73.6 Å². The molecular weight excluding hydrogens is 328 g/mol. The van der Waals surface area contributed by atoms with Crippen molar-refractivity contribution < 1.29 is 14.3 Å². The molecular formula is C18H29ClN2O3. The van der Waals surface area contributed by atoms with E-state index in [4.69, 9.17) is 15.2 Å². The van der Waals surface area contributed by atoms with E-state index in [0.717, 1.165) is 26.1 Å². The summed E-state index contributed by atoms with van der Waals surface area (Å²) < 4.78 is 10.7. The summed E-state index contributed by atoms with van der Waals surface area (Å²) >= 11 is 0. The highest BCUT2D eigenvalue weighted by molar-refractivity contribution is 5.85. The molecule has 1 aromatic rings. The van der Waals surface area contributed by atoms with Crippen molar-refractivity contribution in [2.45, 2.75) is 37.7 Å². The van der Waals surface area contributed by atoms with Gasteiger partial charge in [-0.25, -0.2) is 0 Å². The predicted octanol–water partition coefficient (Wildman–Crippen LogP) is 1.95. The Labute approximate surface area is 150 Å². The Kier molecular flexibility index (Phi) is 8.70. The quantitative estimate of drug-likeness (QED) is 0.783. The van der Waals surface area contributed by atoms with Gasteiger partial charge in [-0.3, -0.25) is 4.79 Å². The number of nitrogens with one attached hydrogen (secondary N) is 1. The number of benzene rings is 1. The van der Waals surface area contributed by atoms with Gasteiger partial charge in [0.25, 0.3) is 0 Å². The van der Waals surface area contributed by atoms with Crippen LogP contribution >= 0.6 is 12.4 Å². The fourth-order valence-corrected chi connectivity index (χ4v) is 3.28. The highest BCUT2D eigenvalue weighted by atomic mass is 35.5. The maximum atomic E-state index is 12.2. The van der Waals surface area contributed by atoms with E-state index in [-0.39, 0.29) is 29.8 Å². The van der Waals surface area contributed by atoms with E-state index < -0.39 is 0 Å². The van der Waals surface area contributed by atoms with Crippen molar-refractivity contribution in [2.24, 2.45) is 5.73 Å². The van der Waals surface area contributed by atoms with Gasteiger partial charge in [-0.1, -0.05) is 24.3 Å². The van der Waals surface area contributed by atoms with Crippen molar-refractivity contribution in [3.63, 3.8) is 0 Å². The van der Waals surface area contributed by atoms with Crippen LogP contribution in [0.1, 0.15) is 30.4 Å². The second-order valence-corrected chi connectivity index (χ2v) is 6.28. The normalized spacial score (nSPS) is 17.6. The van der Waals surface area contributed by atoms with Crippen molar-refractivity contribution in [1.29, 1.82) is 0 Å². The minimum Gasteiger partial charge on any atom is -0.381 e. The molecule has 0 radical (unpaired) electrons. The first-order chi connectivity index (χ1) is 11.1. The zero-order valence-corrected chi connectivity index (χ0v) is 15.4. The summed E-state index contributed by atoms with van der Waals surface area (Å²) in [5, 5.41) is 3.09. The summed E-state index contributed by atoms with van der Waals surface area (Å²) in [6.07, 6.45) is 1.91. The number of aryl methyl sites for hydroxylation is 1. The van der Waals surface area contributed by atoms with E-state index in [0.29, 0.717) is 19.5 Å². The number of ether oxygens (including phenoxy) is 2. The average molecular weight is 357 g/mol. The molecule has 1 atom stereocenters. The molecule has 136 valence electrons. The molecule has 0 aliphatic carbocycles. The van der Waals surface area contributed by atoms with Gasteiger partial charge < -0.3 is 20.5 Å². The van der Waals surface area contributed by atoms with Crippen LogP contribution in [0.2, 0.25) is 0 Å².